The van der Waals surface area contributed by atoms with Crippen molar-refractivity contribution in [2.24, 2.45) is 0 Å². The highest BCUT2D eigenvalue weighted by molar-refractivity contribution is 9.08. The van der Waals surface area contributed by atoms with Gasteiger partial charge >= 0.3 is 0 Å². The summed E-state index contributed by atoms with van der Waals surface area (Å²) in [6.07, 6.45) is 4.62. The fraction of sp³-hybridized carbons (Fsp3) is 0.273. The number of halogens is 1. The van der Waals surface area contributed by atoms with Gasteiger partial charge in [0.1, 0.15) is 5.01 Å². The monoisotopic (exact) mass is 282 g/mol. The SMILES string of the molecule is CCc1nc(-c2cccnc2)sc1CBr. The lowest BCUT2D eigenvalue weighted by Crippen LogP contribution is -1.84. The number of nitrogens with zero attached hydrogens (tertiary/aromatic N) is 2. The Hall–Kier alpha value is -0.740. The Kier molecular flexibility index (Phi) is 3.49. The van der Waals surface area contributed by atoms with Gasteiger partial charge in [-0.3, -0.25) is 4.98 Å². The Balaban J connectivity index is 2.42. The molecular weight excluding hydrogens is 272 g/mol. The molecule has 0 unspecified atom stereocenters. The molecule has 4 heteroatoms. The quantitative estimate of drug-likeness (QED) is 0.803. The van der Waals surface area contributed by atoms with Gasteiger partial charge in [0.05, 0.1) is 5.69 Å². The van der Waals surface area contributed by atoms with Crippen molar-refractivity contribution in [1.29, 1.82) is 0 Å². The molecule has 0 aliphatic heterocycles. The van der Waals surface area contributed by atoms with Crippen LogP contribution in [0.2, 0.25) is 0 Å². The van der Waals surface area contributed by atoms with Gasteiger partial charge in [0.15, 0.2) is 0 Å². The minimum Gasteiger partial charge on any atom is -0.264 e. The van der Waals surface area contributed by atoms with E-state index < -0.39 is 0 Å². The second-order valence-corrected chi connectivity index (χ2v) is 4.76. The molecule has 15 heavy (non-hydrogen) atoms. The van der Waals surface area contributed by atoms with Crippen LogP contribution in [0.3, 0.4) is 0 Å². The average Bonchev–Trinajstić information content (AvgIpc) is 2.73. The van der Waals surface area contributed by atoms with E-state index in [1.807, 2.05) is 18.3 Å². The smallest absolute Gasteiger partial charge is 0.125 e. The number of rotatable bonds is 3. The second-order valence-electron chi connectivity index (χ2n) is 3.12. The number of hydrogen-bond acceptors (Lipinski definition) is 3. The van der Waals surface area contributed by atoms with E-state index in [0.717, 1.165) is 22.3 Å². The van der Waals surface area contributed by atoms with E-state index in [1.54, 1.807) is 17.5 Å². The average molecular weight is 283 g/mol. The van der Waals surface area contributed by atoms with E-state index in [9.17, 15) is 0 Å². The van der Waals surface area contributed by atoms with Crippen LogP contribution in [0.15, 0.2) is 24.5 Å². The summed E-state index contributed by atoms with van der Waals surface area (Å²) in [5, 5.41) is 1.95. The normalized spacial score (nSPS) is 10.5. The van der Waals surface area contributed by atoms with E-state index in [2.05, 4.69) is 32.8 Å². The van der Waals surface area contributed by atoms with Gasteiger partial charge < -0.3 is 0 Å². The van der Waals surface area contributed by atoms with Crippen LogP contribution in [-0.2, 0) is 11.8 Å². The third kappa shape index (κ3) is 2.26. The van der Waals surface area contributed by atoms with Crippen LogP contribution in [0.1, 0.15) is 17.5 Å². The van der Waals surface area contributed by atoms with E-state index in [4.69, 9.17) is 0 Å². The second kappa shape index (κ2) is 4.86. The minimum atomic E-state index is 0.883. The zero-order valence-corrected chi connectivity index (χ0v) is 10.8. The summed E-state index contributed by atoms with van der Waals surface area (Å²) in [6.45, 7) is 2.13. The number of aromatic nitrogens is 2. The molecule has 0 aliphatic rings. The van der Waals surface area contributed by atoms with Crippen LogP contribution >= 0.6 is 27.3 Å². The van der Waals surface area contributed by atoms with Gasteiger partial charge in [-0.15, -0.1) is 11.3 Å². The molecule has 0 spiro atoms. The predicted octanol–water partition coefficient (Wildman–Crippen LogP) is 3.66. The molecule has 2 aromatic heterocycles. The van der Waals surface area contributed by atoms with Crippen LogP contribution in [0, 0.1) is 0 Å². The molecule has 0 radical (unpaired) electrons. The fourth-order valence-corrected chi connectivity index (χ4v) is 3.03. The zero-order valence-electron chi connectivity index (χ0n) is 8.40. The standard InChI is InChI=1S/C11H11BrN2S/c1-2-9-10(6-12)15-11(14-9)8-4-3-5-13-7-8/h3-5,7H,2,6H2,1H3. The van der Waals surface area contributed by atoms with Gasteiger partial charge in [-0.25, -0.2) is 4.98 Å². The van der Waals surface area contributed by atoms with E-state index in [1.165, 1.54) is 10.6 Å². The number of hydrogen-bond donors (Lipinski definition) is 0. The van der Waals surface area contributed by atoms with Crippen LogP contribution in [0.25, 0.3) is 10.6 Å². The summed E-state index contributed by atoms with van der Waals surface area (Å²) < 4.78 is 0. The molecular formula is C11H11BrN2S. The summed E-state index contributed by atoms with van der Waals surface area (Å²) in [5.41, 5.74) is 2.29. The summed E-state index contributed by atoms with van der Waals surface area (Å²) in [7, 11) is 0. The summed E-state index contributed by atoms with van der Waals surface area (Å²) in [4.78, 5) is 10.0. The molecule has 0 fully saturated rings. The Bertz CT molecular complexity index is 418. The van der Waals surface area contributed by atoms with Gasteiger partial charge in [0.25, 0.3) is 0 Å². The molecule has 0 N–H and O–H groups in total. The highest BCUT2D eigenvalue weighted by Gasteiger charge is 2.09. The first-order chi connectivity index (χ1) is 7.35. The van der Waals surface area contributed by atoms with Crippen LogP contribution in [0.5, 0.6) is 0 Å². The van der Waals surface area contributed by atoms with Gasteiger partial charge in [0, 0.05) is 28.2 Å². The highest BCUT2D eigenvalue weighted by atomic mass is 79.9. The van der Waals surface area contributed by atoms with Crippen molar-refractivity contribution in [3.05, 3.63) is 35.1 Å². The van der Waals surface area contributed by atoms with Gasteiger partial charge in [-0.2, -0.15) is 0 Å². The van der Waals surface area contributed by atoms with Crippen molar-refractivity contribution in [3.63, 3.8) is 0 Å². The predicted molar refractivity (Wildman–Crippen MR) is 67.4 cm³/mol. The van der Waals surface area contributed by atoms with Crippen molar-refractivity contribution in [2.45, 2.75) is 18.7 Å². The topological polar surface area (TPSA) is 25.8 Å². The first-order valence-corrected chi connectivity index (χ1v) is 6.74. The third-order valence-electron chi connectivity index (χ3n) is 2.14. The number of aryl methyl sites for hydroxylation is 1. The molecule has 2 heterocycles. The number of thiazole rings is 1. The van der Waals surface area contributed by atoms with Gasteiger partial charge in [-0.1, -0.05) is 22.9 Å². The molecule has 0 atom stereocenters. The van der Waals surface area contributed by atoms with E-state index in [0.29, 0.717) is 0 Å². The maximum absolute atomic E-state index is 4.62. The summed E-state index contributed by atoms with van der Waals surface area (Å²) >= 11 is 5.23. The van der Waals surface area contributed by atoms with E-state index >= 15 is 0 Å². The minimum absolute atomic E-state index is 0.883. The molecule has 2 nitrogen and oxygen atoms in total. The third-order valence-corrected chi connectivity index (χ3v) is 4.22. The van der Waals surface area contributed by atoms with Gasteiger partial charge in [0.2, 0.25) is 0 Å². The molecule has 0 saturated heterocycles. The zero-order chi connectivity index (χ0) is 10.7. The van der Waals surface area contributed by atoms with Crippen LogP contribution in [0.4, 0.5) is 0 Å². The van der Waals surface area contributed by atoms with Crippen molar-refractivity contribution in [2.75, 3.05) is 0 Å². The Labute approximate surface area is 102 Å². The van der Waals surface area contributed by atoms with Crippen LogP contribution < -0.4 is 0 Å². The van der Waals surface area contributed by atoms with Crippen LogP contribution in [-0.4, -0.2) is 9.97 Å². The molecule has 0 bridgehead atoms. The molecule has 0 saturated carbocycles. The molecule has 2 aromatic rings. The van der Waals surface area contributed by atoms with Crippen molar-refractivity contribution in [3.8, 4) is 10.6 Å². The Morgan fingerprint density at radius 2 is 2.33 bits per heavy atom. The maximum atomic E-state index is 4.62. The number of pyridine rings is 1. The molecule has 2 rings (SSSR count). The lowest BCUT2D eigenvalue weighted by Gasteiger charge is -1.92. The molecule has 0 aromatic carbocycles. The van der Waals surface area contributed by atoms with Crippen molar-refractivity contribution >= 4 is 27.3 Å². The number of alkyl halides is 1. The first kappa shape index (κ1) is 10.8. The lowest BCUT2D eigenvalue weighted by molar-refractivity contribution is 1.04. The Morgan fingerprint density at radius 3 is 2.87 bits per heavy atom. The lowest BCUT2D eigenvalue weighted by atomic mass is 10.3. The highest BCUT2D eigenvalue weighted by Crippen LogP contribution is 2.29. The first-order valence-electron chi connectivity index (χ1n) is 4.80. The van der Waals surface area contributed by atoms with E-state index in [-0.39, 0.29) is 0 Å². The molecule has 78 valence electrons. The Morgan fingerprint density at radius 1 is 1.47 bits per heavy atom. The van der Waals surface area contributed by atoms with Crippen molar-refractivity contribution in [1.82, 2.24) is 9.97 Å². The largest absolute Gasteiger partial charge is 0.264 e. The summed E-state index contributed by atoms with van der Waals surface area (Å²) in [5.74, 6) is 0. The molecule has 0 amide bonds. The van der Waals surface area contributed by atoms with Crippen molar-refractivity contribution < 1.29 is 0 Å². The fourth-order valence-electron chi connectivity index (χ4n) is 1.38. The maximum Gasteiger partial charge on any atom is 0.125 e. The summed E-state index contributed by atoms with van der Waals surface area (Å²) in [6, 6.07) is 3.99. The molecule has 0 aliphatic carbocycles. The van der Waals surface area contributed by atoms with Gasteiger partial charge in [-0.05, 0) is 18.6 Å².